The average molecular weight is 243 g/mol. The number of nitrogens with one attached hydrogen (secondary N) is 1. The molecule has 17 heavy (non-hydrogen) atoms. The van der Waals surface area contributed by atoms with Crippen LogP contribution in [0.25, 0.3) is 0 Å². The van der Waals surface area contributed by atoms with Crippen molar-refractivity contribution in [1.29, 1.82) is 0 Å². The van der Waals surface area contributed by atoms with Gasteiger partial charge in [0.2, 0.25) is 0 Å². The van der Waals surface area contributed by atoms with Gasteiger partial charge < -0.3 is 5.11 Å². The van der Waals surface area contributed by atoms with Gasteiger partial charge in [0, 0.05) is 17.7 Å². The monoisotopic (exact) mass is 243 g/mol. The highest BCUT2D eigenvalue weighted by atomic mass is 19.1. The van der Waals surface area contributed by atoms with E-state index in [1.807, 2.05) is 0 Å². The highest BCUT2D eigenvalue weighted by Crippen LogP contribution is 2.18. The summed E-state index contributed by atoms with van der Waals surface area (Å²) in [6, 6.07) is 2.02. The van der Waals surface area contributed by atoms with Gasteiger partial charge in [-0.05, 0) is 19.4 Å². The van der Waals surface area contributed by atoms with Crippen LogP contribution in [0.5, 0.6) is 0 Å². The Bertz CT molecular complexity index is 409. The first-order valence-electron chi connectivity index (χ1n) is 5.39. The fourth-order valence-corrected chi connectivity index (χ4v) is 1.61. The summed E-state index contributed by atoms with van der Waals surface area (Å²) in [5, 5.41) is 11.6. The number of hydrogen-bond acceptors (Lipinski definition) is 2. The lowest BCUT2D eigenvalue weighted by molar-refractivity contribution is -0.139. The van der Waals surface area contributed by atoms with Gasteiger partial charge in [0.05, 0.1) is 0 Å². The maximum Gasteiger partial charge on any atom is 0.320 e. The van der Waals surface area contributed by atoms with E-state index in [1.54, 1.807) is 13.8 Å². The largest absolute Gasteiger partial charge is 0.480 e. The minimum Gasteiger partial charge on any atom is -0.480 e. The molecule has 2 unspecified atom stereocenters. The maximum absolute atomic E-state index is 13.4. The van der Waals surface area contributed by atoms with Gasteiger partial charge in [0.15, 0.2) is 0 Å². The van der Waals surface area contributed by atoms with Crippen molar-refractivity contribution in [2.45, 2.75) is 32.4 Å². The fraction of sp³-hybridized carbons (Fsp3) is 0.417. The zero-order valence-corrected chi connectivity index (χ0v) is 9.71. The Labute approximate surface area is 98.5 Å². The molecule has 0 saturated heterocycles. The molecule has 0 fully saturated rings. The molecule has 0 amide bonds. The second-order valence-corrected chi connectivity index (χ2v) is 3.85. The molecule has 1 aromatic carbocycles. The smallest absolute Gasteiger partial charge is 0.320 e. The molecule has 0 aliphatic heterocycles. The van der Waals surface area contributed by atoms with Gasteiger partial charge in [-0.3, -0.25) is 10.1 Å². The molecule has 0 heterocycles. The molecular weight excluding hydrogens is 228 g/mol. The van der Waals surface area contributed by atoms with Crippen LogP contribution < -0.4 is 5.32 Å². The summed E-state index contributed by atoms with van der Waals surface area (Å²) in [6.07, 6.45) is 0.391. The van der Waals surface area contributed by atoms with E-state index in [4.69, 9.17) is 5.11 Å². The van der Waals surface area contributed by atoms with E-state index in [0.717, 1.165) is 12.1 Å². The number of hydrogen-bond donors (Lipinski definition) is 2. The molecule has 0 saturated carbocycles. The first-order valence-corrected chi connectivity index (χ1v) is 5.39. The predicted octanol–water partition coefficient (Wildman–Crippen LogP) is 2.48. The third-order valence-electron chi connectivity index (χ3n) is 2.59. The van der Waals surface area contributed by atoms with Crippen molar-refractivity contribution in [2.75, 3.05) is 0 Å². The summed E-state index contributed by atoms with van der Waals surface area (Å²) in [6.45, 7) is 3.36. The molecule has 0 aliphatic rings. The summed E-state index contributed by atoms with van der Waals surface area (Å²) >= 11 is 0. The summed E-state index contributed by atoms with van der Waals surface area (Å²) in [5.74, 6) is -2.31. The Morgan fingerprint density at radius 3 is 2.59 bits per heavy atom. The molecule has 2 N–H and O–H groups in total. The Morgan fingerprint density at radius 1 is 1.47 bits per heavy atom. The number of carboxylic acids is 1. The van der Waals surface area contributed by atoms with Crippen LogP contribution in [0.4, 0.5) is 8.78 Å². The van der Waals surface area contributed by atoms with Gasteiger partial charge in [-0.15, -0.1) is 0 Å². The minimum atomic E-state index is -0.984. The molecule has 0 bridgehead atoms. The number of aliphatic carboxylic acids is 1. The molecular formula is C12H15F2NO2. The Morgan fingerprint density at radius 2 is 2.12 bits per heavy atom. The zero-order valence-electron chi connectivity index (χ0n) is 9.71. The molecule has 2 atom stereocenters. The topological polar surface area (TPSA) is 49.3 Å². The quantitative estimate of drug-likeness (QED) is 0.835. The van der Waals surface area contributed by atoms with Gasteiger partial charge >= 0.3 is 5.97 Å². The molecule has 0 aromatic heterocycles. The van der Waals surface area contributed by atoms with Crippen LogP contribution >= 0.6 is 0 Å². The van der Waals surface area contributed by atoms with Crippen LogP contribution in [0.2, 0.25) is 0 Å². The number of carboxylic acid groups (broad SMARTS) is 1. The highest BCUT2D eigenvalue weighted by molar-refractivity contribution is 5.73. The van der Waals surface area contributed by atoms with E-state index in [-0.39, 0.29) is 5.56 Å². The number of halogens is 2. The van der Waals surface area contributed by atoms with Gasteiger partial charge in [0.25, 0.3) is 0 Å². The first kappa shape index (κ1) is 13.6. The van der Waals surface area contributed by atoms with E-state index >= 15 is 0 Å². The van der Waals surface area contributed by atoms with E-state index in [2.05, 4.69) is 5.32 Å². The van der Waals surface area contributed by atoms with Crippen LogP contribution in [-0.4, -0.2) is 17.1 Å². The van der Waals surface area contributed by atoms with E-state index in [0.29, 0.717) is 6.42 Å². The lowest BCUT2D eigenvalue weighted by Gasteiger charge is -2.19. The van der Waals surface area contributed by atoms with Crippen molar-refractivity contribution in [3.63, 3.8) is 0 Å². The molecule has 1 aromatic rings. The molecule has 3 nitrogen and oxygen atoms in total. The Hall–Kier alpha value is -1.49. The van der Waals surface area contributed by atoms with Gasteiger partial charge in [0.1, 0.15) is 17.7 Å². The summed E-state index contributed by atoms with van der Waals surface area (Å²) < 4.78 is 26.1. The summed E-state index contributed by atoms with van der Waals surface area (Å²) in [4.78, 5) is 10.8. The van der Waals surface area contributed by atoms with Crippen molar-refractivity contribution in [3.05, 3.63) is 35.4 Å². The maximum atomic E-state index is 13.4. The third kappa shape index (κ3) is 3.49. The molecule has 1 rings (SSSR count). The van der Waals surface area contributed by atoms with Crippen molar-refractivity contribution in [3.8, 4) is 0 Å². The van der Waals surface area contributed by atoms with E-state index in [9.17, 15) is 13.6 Å². The SMILES string of the molecule is CCC(NC(C)c1ccc(F)cc1F)C(=O)O. The second-order valence-electron chi connectivity index (χ2n) is 3.85. The van der Waals surface area contributed by atoms with Crippen LogP contribution in [-0.2, 0) is 4.79 Å². The molecule has 5 heteroatoms. The van der Waals surface area contributed by atoms with Gasteiger partial charge in [-0.2, -0.15) is 0 Å². The van der Waals surface area contributed by atoms with Crippen LogP contribution in [0, 0.1) is 11.6 Å². The van der Waals surface area contributed by atoms with Gasteiger partial charge in [-0.1, -0.05) is 13.0 Å². The lowest BCUT2D eigenvalue weighted by atomic mass is 10.1. The highest BCUT2D eigenvalue weighted by Gasteiger charge is 2.19. The fourth-order valence-electron chi connectivity index (χ4n) is 1.61. The first-order chi connectivity index (χ1) is 7.95. The van der Waals surface area contributed by atoms with Crippen molar-refractivity contribution >= 4 is 5.97 Å². The van der Waals surface area contributed by atoms with Crippen molar-refractivity contribution < 1.29 is 18.7 Å². The number of carbonyl (C=O) groups is 1. The van der Waals surface area contributed by atoms with Crippen molar-refractivity contribution in [1.82, 2.24) is 5.32 Å². The van der Waals surface area contributed by atoms with Crippen molar-refractivity contribution in [2.24, 2.45) is 0 Å². The van der Waals surface area contributed by atoms with E-state index in [1.165, 1.54) is 6.07 Å². The van der Waals surface area contributed by atoms with Crippen LogP contribution in [0.1, 0.15) is 31.9 Å². The summed E-state index contributed by atoms with van der Waals surface area (Å²) in [5.41, 5.74) is 0.256. The molecule has 0 aliphatic carbocycles. The average Bonchev–Trinajstić information content (AvgIpc) is 2.24. The molecule has 0 spiro atoms. The normalized spacial score (nSPS) is 14.4. The molecule has 94 valence electrons. The van der Waals surface area contributed by atoms with Crippen LogP contribution in [0.3, 0.4) is 0 Å². The third-order valence-corrected chi connectivity index (χ3v) is 2.59. The lowest BCUT2D eigenvalue weighted by Crippen LogP contribution is -2.37. The van der Waals surface area contributed by atoms with E-state index < -0.39 is 29.7 Å². The molecule has 0 radical (unpaired) electrons. The summed E-state index contributed by atoms with van der Waals surface area (Å²) in [7, 11) is 0. The Balaban J connectivity index is 2.82. The Kier molecular flexibility index (Phi) is 4.57. The number of rotatable bonds is 5. The second kappa shape index (κ2) is 5.72. The number of benzene rings is 1. The van der Waals surface area contributed by atoms with Gasteiger partial charge in [-0.25, -0.2) is 8.78 Å². The predicted molar refractivity (Wildman–Crippen MR) is 59.6 cm³/mol. The zero-order chi connectivity index (χ0) is 13.0. The standard InChI is InChI=1S/C12H15F2NO2/c1-3-11(12(16)17)15-7(2)9-5-4-8(13)6-10(9)14/h4-7,11,15H,3H2,1-2H3,(H,16,17). The minimum absolute atomic E-state index is 0.256. The van der Waals surface area contributed by atoms with Crippen LogP contribution in [0.15, 0.2) is 18.2 Å².